The van der Waals surface area contributed by atoms with Crippen molar-refractivity contribution in [3.8, 4) is 28.4 Å². The van der Waals surface area contributed by atoms with E-state index in [0.29, 0.717) is 61.7 Å². The number of aliphatic hydroxyl groups excluding tert-OH is 2. The van der Waals surface area contributed by atoms with Crippen LogP contribution in [0, 0.1) is 19.3 Å². The van der Waals surface area contributed by atoms with Crippen LogP contribution in [0.2, 0.25) is 5.02 Å². The number of carboxylic acids is 2. The molecule has 0 amide bonds. The van der Waals surface area contributed by atoms with E-state index in [1.807, 2.05) is 50.2 Å². The number of likely N-dealkylation sites (tertiary alicyclic amines) is 1. The first-order chi connectivity index (χ1) is 27.2. The highest BCUT2D eigenvalue weighted by Gasteiger charge is 2.44. The van der Waals surface area contributed by atoms with Gasteiger partial charge in [0.1, 0.15) is 41.9 Å². The zero-order valence-electron chi connectivity index (χ0n) is 32.0. The zero-order valence-corrected chi connectivity index (χ0v) is 33.6. The number of ether oxygens (including phenoxy) is 3. The Kier molecular flexibility index (Phi) is 14.5. The molecule has 14 nitrogen and oxygen atoms in total. The van der Waals surface area contributed by atoms with E-state index < -0.39 is 39.8 Å². The standard InChI is InChI=1S/C41H48ClN3O11S/c1-26-29(7-4-8-32(26)33-9-5-10-36(27(33)2)54-14-6-12-45-13-11-41(24-45,25-47)40(50)51)23-56-38-17-37(30(16-34(38)42)19-44-35(21-46)39(48)49)55-22-28-15-31(20-43-18-28)57(3,52)53/h4-5,7-10,15-18,20,35,44,46-47H,6,11-14,19,21-25H2,1-3H3,(H,48,49)(H,50,51)/t35-,41?/m1/s1. The summed E-state index contributed by atoms with van der Waals surface area (Å²) in [5.74, 6) is -0.859. The van der Waals surface area contributed by atoms with Gasteiger partial charge in [0, 0.05) is 55.5 Å². The summed E-state index contributed by atoms with van der Waals surface area (Å²) in [6, 6.07) is 15.2. The smallest absolute Gasteiger partial charge is 0.323 e. The normalized spacial score (nSPS) is 16.3. The summed E-state index contributed by atoms with van der Waals surface area (Å²) in [6.45, 7) is 5.10. The number of carboxylic acid groups (broad SMARTS) is 2. The van der Waals surface area contributed by atoms with E-state index in [2.05, 4.69) is 15.2 Å². The molecule has 1 fully saturated rings. The van der Waals surface area contributed by atoms with Crippen molar-refractivity contribution < 1.29 is 52.6 Å². The van der Waals surface area contributed by atoms with Crippen molar-refractivity contribution in [3.05, 3.63) is 99.8 Å². The monoisotopic (exact) mass is 825 g/mol. The van der Waals surface area contributed by atoms with Crippen molar-refractivity contribution in [2.75, 3.05) is 45.7 Å². The molecule has 0 aliphatic carbocycles. The van der Waals surface area contributed by atoms with Gasteiger partial charge in [-0.3, -0.25) is 19.9 Å². The molecule has 1 aliphatic heterocycles. The number of rotatable bonds is 20. The van der Waals surface area contributed by atoms with Crippen LogP contribution in [0.5, 0.6) is 17.2 Å². The lowest BCUT2D eigenvalue weighted by Crippen LogP contribution is -2.39. The van der Waals surface area contributed by atoms with Crippen LogP contribution < -0.4 is 19.5 Å². The predicted molar refractivity (Wildman–Crippen MR) is 212 cm³/mol. The van der Waals surface area contributed by atoms with Crippen LogP contribution in [0.15, 0.2) is 71.9 Å². The average molecular weight is 826 g/mol. The maximum absolute atomic E-state index is 12.1. The number of hydrogen-bond donors (Lipinski definition) is 5. The highest BCUT2D eigenvalue weighted by atomic mass is 35.5. The van der Waals surface area contributed by atoms with Crippen LogP contribution in [-0.2, 0) is 39.2 Å². The van der Waals surface area contributed by atoms with E-state index in [4.69, 9.17) is 25.8 Å². The fourth-order valence-corrected chi connectivity index (χ4v) is 7.53. The molecule has 57 heavy (non-hydrogen) atoms. The van der Waals surface area contributed by atoms with Crippen LogP contribution in [0.1, 0.15) is 40.7 Å². The van der Waals surface area contributed by atoms with Crippen LogP contribution in [0.3, 0.4) is 0 Å². The minimum atomic E-state index is -3.51. The Bertz CT molecular complexity index is 2190. The summed E-state index contributed by atoms with van der Waals surface area (Å²) < 4.78 is 42.7. The quantitative estimate of drug-likeness (QED) is 0.0770. The van der Waals surface area contributed by atoms with Gasteiger partial charge >= 0.3 is 11.9 Å². The fraction of sp³-hybridized carbons (Fsp3) is 0.390. The van der Waals surface area contributed by atoms with Crippen LogP contribution in [0.4, 0.5) is 0 Å². The molecule has 16 heteroatoms. The first kappa shape index (κ1) is 43.4. The number of carbonyl (C=O) groups is 2. The summed E-state index contributed by atoms with van der Waals surface area (Å²) in [4.78, 5) is 29.3. The summed E-state index contributed by atoms with van der Waals surface area (Å²) in [5.41, 5.74) is 4.68. The maximum atomic E-state index is 12.1. The van der Waals surface area contributed by atoms with E-state index in [-0.39, 0.29) is 36.3 Å². The Hall–Kier alpha value is -4.77. The van der Waals surface area contributed by atoms with E-state index in [1.165, 1.54) is 18.5 Å². The molecule has 306 valence electrons. The molecule has 0 radical (unpaired) electrons. The molecular weight excluding hydrogens is 778 g/mol. The van der Waals surface area contributed by atoms with E-state index in [9.17, 15) is 38.4 Å². The molecule has 5 N–H and O–H groups in total. The third-order valence-electron chi connectivity index (χ3n) is 10.2. The van der Waals surface area contributed by atoms with Crippen molar-refractivity contribution in [1.82, 2.24) is 15.2 Å². The molecule has 3 aromatic carbocycles. The topological polar surface area (TPSA) is 205 Å². The van der Waals surface area contributed by atoms with Gasteiger partial charge in [0.2, 0.25) is 0 Å². The Labute approximate surface area is 336 Å². The summed E-state index contributed by atoms with van der Waals surface area (Å²) in [7, 11) is -3.51. The van der Waals surface area contributed by atoms with Crippen LogP contribution in [-0.4, -0.2) is 102 Å². The fourth-order valence-electron chi connectivity index (χ4n) is 6.67. The number of aromatic nitrogens is 1. The van der Waals surface area contributed by atoms with Crippen LogP contribution in [0.25, 0.3) is 11.1 Å². The van der Waals surface area contributed by atoms with Crippen molar-refractivity contribution in [3.63, 3.8) is 0 Å². The van der Waals surface area contributed by atoms with E-state index in [1.54, 1.807) is 12.1 Å². The molecule has 5 rings (SSSR count). The number of sulfone groups is 1. The third kappa shape index (κ3) is 10.8. The lowest BCUT2D eigenvalue weighted by atomic mass is 9.88. The molecule has 1 unspecified atom stereocenters. The molecule has 2 heterocycles. The van der Waals surface area contributed by atoms with Crippen molar-refractivity contribution in [2.45, 2.75) is 57.4 Å². The van der Waals surface area contributed by atoms with Crippen molar-refractivity contribution in [2.24, 2.45) is 5.41 Å². The number of nitrogens with one attached hydrogen (secondary N) is 1. The lowest BCUT2D eigenvalue weighted by molar-refractivity contribution is -0.150. The van der Waals surface area contributed by atoms with Gasteiger partial charge in [-0.15, -0.1) is 0 Å². The molecule has 2 atom stereocenters. The number of halogens is 1. The second-order valence-corrected chi connectivity index (χ2v) is 16.6. The second-order valence-electron chi connectivity index (χ2n) is 14.2. The first-order valence-corrected chi connectivity index (χ1v) is 20.6. The first-order valence-electron chi connectivity index (χ1n) is 18.3. The number of pyridine rings is 1. The van der Waals surface area contributed by atoms with Gasteiger partial charge in [0.15, 0.2) is 9.84 Å². The number of aliphatic carboxylic acids is 2. The molecule has 0 spiro atoms. The summed E-state index contributed by atoms with van der Waals surface area (Å²) in [6.07, 6.45) is 4.93. The number of aliphatic hydroxyl groups is 2. The molecular formula is C41H48ClN3O11S. The summed E-state index contributed by atoms with van der Waals surface area (Å²) in [5, 5.41) is 41.2. The minimum Gasteiger partial charge on any atom is -0.493 e. The molecule has 0 saturated carbocycles. The summed E-state index contributed by atoms with van der Waals surface area (Å²) >= 11 is 6.69. The second kappa shape index (κ2) is 19.1. The lowest BCUT2D eigenvalue weighted by Gasteiger charge is -2.22. The van der Waals surface area contributed by atoms with Crippen LogP contribution >= 0.6 is 11.6 Å². The Balaban J connectivity index is 1.29. The number of benzene rings is 3. The molecule has 1 saturated heterocycles. The van der Waals surface area contributed by atoms with Gasteiger partial charge in [-0.2, -0.15) is 0 Å². The Morgan fingerprint density at radius 2 is 1.65 bits per heavy atom. The van der Waals surface area contributed by atoms with Gasteiger partial charge < -0.3 is 39.5 Å². The SMILES string of the molecule is Cc1c(COc2cc(OCc3cncc(S(C)(=O)=O)c3)c(CN[C@H](CO)C(=O)O)cc2Cl)cccc1-c1cccc(OCCCN2CCC(CO)(C(=O)O)C2)c1C. The molecule has 1 aromatic heterocycles. The Morgan fingerprint density at radius 3 is 2.32 bits per heavy atom. The molecule has 4 aromatic rings. The minimum absolute atomic E-state index is 0.0196. The molecule has 1 aliphatic rings. The highest BCUT2D eigenvalue weighted by molar-refractivity contribution is 7.90. The van der Waals surface area contributed by atoms with Gasteiger partial charge in [0.25, 0.3) is 0 Å². The number of hydrogen-bond acceptors (Lipinski definition) is 12. The van der Waals surface area contributed by atoms with Gasteiger partial charge in [-0.05, 0) is 79.3 Å². The predicted octanol–water partition coefficient (Wildman–Crippen LogP) is 4.65. The Morgan fingerprint density at radius 1 is 0.930 bits per heavy atom. The van der Waals surface area contributed by atoms with Gasteiger partial charge in [-0.1, -0.05) is 41.9 Å². The highest BCUT2D eigenvalue weighted by Crippen LogP contribution is 2.37. The van der Waals surface area contributed by atoms with Gasteiger partial charge in [0.05, 0.1) is 29.7 Å². The maximum Gasteiger partial charge on any atom is 0.323 e. The van der Waals surface area contributed by atoms with Gasteiger partial charge in [-0.25, -0.2) is 8.42 Å². The van der Waals surface area contributed by atoms with E-state index in [0.717, 1.165) is 39.8 Å². The third-order valence-corrected chi connectivity index (χ3v) is 11.6. The average Bonchev–Trinajstić information content (AvgIpc) is 3.61. The van der Waals surface area contributed by atoms with Crippen molar-refractivity contribution >= 4 is 33.4 Å². The van der Waals surface area contributed by atoms with Crippen molar-refractivity contribution in [1.29, 1.82) is 0 Å². The zero-order chi connectivity index (χ0) is 41.3. The number of nitrogens with zero attached hydrogens (tertiary/aromatic N) is 2. The van der Waals surface area contributed by atoms with E-state index >= 15 is 0 Å². The largest absolute Gasteiger partial charge is 0.493 e. The molecule has 0 bridgehead atoms.